The van der Waals surface area contributed by atoms with E-state index in [1.165, 1.54) is 24.3 Å². The second-order valence-corrected chi connectivity index (χ2v) is 10.1. The van der Waals surface area contributed by atoms with Crippen LogP contribution in [-0.2, 0) is 16.2 Å². The first-order valence-corrected chi connectivity index (χ1v) is 12.1. The van der Waals surface area contributed by atoms with Crippen LogP contribution in [0.3, 0.4) is 0 Å². The molecule has 1 aliphatic carbocycles. The van der Waals surface area contributed by atoms with E-state index in [2.05, 4.69) is 10.0 Å². The summed E-state index contributed by atoms with van der Waals surface area (Å²) < 4.78 is 80.6. The molecule has 9 heteroatoms. The van der Waals surface area contributed by atoms with Crippen molar-refractivity contribution < 1.29 is 26.0 Å². The Morgan fingerprint density at radius 3 is 2.47 bits per heavy atom. The average molecular weight is 489 g/mol. The second kappa shape index (κ2) is 8.16. The molecule has 0 bridgehead atoms. The molecule has 0 spiro atoms. The van der Waals surface area contributed by atoms with E-state index in [0.717, 1.165) is 41.4 Å². The van der Waals surface area contributed by atoms with Crippen molar-refractivity contribution in [1.82, 2.24) is 0 Å². The molecule has 5 rings (SSSR count). The van der Waals surface area contributed by atoms with Gasteiger partial charge in [0.1, 0.15) is 5.82 Å². The van der Waals surface area contributed by atoms with Gasteiger partial charge in [-0.05, 0) is 72.0 Å². The number of nitrogens with one attached hydrogen (secondary N) is 2. The first-order chi connectivity index (χ1) is 16.1. The van der Waals surface area contributed by atoms with E-state index >= 15 is 0 Å². The lowest BCUT2D eigenvalue weighted by atomic mass is 9.77. The first-order valence-electron chi connectivity index (χ1n) is 10.6. The van der Waals surface area contributed by atoms with Gasteiger partial charge in [-0.25, -0.2) is 12.8 Å². The maximum absolute atomic E-state index is 13.4. The highest BCUT2D eigenvalue weighted by atomic mass is 32.2. The van der Waals surface area contributed by atoms with Crippen molar-refractivity contribution in [3.8, 4) is 0 Å². The lowest BCUT2D eigenvalue weighted by Crippen LogP contribution is -2.29. The van der Waals surface area contributed by atoms with E-state index in [0.29, 0.717) is 0 Å². The molecule has 0 radical (unpaired) electrons. The van der Waals surface area contributed by atoms with Gasteiger partial charge in [0, 0.05) is 17.3 Å². The number of hydrogen-bond donors (Lipinski definition) is 2. The number of anilines is 2. The van der Waals surface area contributed by atoms with Crippen molar-refractivity contribution >= 4 is 21.4 Å². The molecule has 0 saturated carbocycles. The number of rotatable bonds is 4. The molecule has 2 N–H and O–H groups in total. The Morgan fingerprint density at radius 2 is 1.74 bits per heavy atom. The highest BCUT2D eigenvalue weighted by molar-refractivity contribution is 7.92. The number of hydrogen-bond acceptors (Lipinski definition) is 3. The van der Waals surface area contributed by atoms with Crippen molar-refractivity contribution in [2.24, 2.45) is 5.92 Å². The summed E-state index contributed by atoms with van der Waals surface area (Å²) >= 11 is 0. The van der Waals surface area contributed by atoms with Crippen LogP contribution in [0.15, 0.2) is 83.8 Å². The quantitative estimate of drug-likeness (QED) is 0.327. The number of halogens is 4. The third kappa shape index (κ3) is 4.16. The molecule has 1 aliphatic heterocycles. The molecular formula is C25H20F4N2O2S. The predicted molar refractivity (Wildman–Crippen MR) is 121 cm³/mol. The Morgan fingerprint density at radius 1 is 0.971 bits per heavy atom. The van der Waals surface area contributed by atoms with Crippen molar-refractivity contribution in [3.05, 3.63) is 101 Å². The summed E-state index contributed by atoms with van der Waals surface area (Å²) in [5.74, 6) is -0.244. The van der Waals surface area contributed by atoms with E-state index in [1.54, 1.807) is 24.3 Å². The van der Waals surface area contributed by atoms with Crippen LogP contribution >= 0.6 is 0 Å². The topological polar surface area (TPSA) is 58.2 Å². The fraction of sp³-hybridized carbons (Fsp3) is 0.200. The summed E-state index contributed by atoms with van der Waals surface area (Å²) in [7, 11) is -4.12. The number of benzene rings is 3. The summed E-state index contributed by atoms with van der Waals surface area (Å²) in [6, 6.07) is 15.0. The largest absolute Gasteiger partial charge is 0.416 e. The minimum absolute atomic E-state index is 0.0373. The first kappa shape index (κ1) is 22.5. The normalized spacial score (nSPS) is 21.5. The minimum atomic E-state index is -4.58. The van der Waals surface area contributed by atoms with E-state index in [4.69, 9.17) is 0 Å². The van der Waals surface area contributed by atoms with Crippen LogP contribution in [0.1, 0.15) is 35.1 Å². The SMILES string of the molecule is O=S(=O)(Nc1cccc(C(F)(F)F)c1)c1ccc2c(c1)[C@@H]1C=CC[C@@H]1[C@@H](c1ccc(F)cc1)N2. The Hall–Kier alpha value is -3.33. The van der Waals surface area contributed by atoms with Gasteiger partial charge in [-0.2, -0.15) is 13.2 Å². The predicted octanol–water partition coefficient (Wildman–Crippen LogP) is 6.47. The molecule has 0 saturated heterocycles. The van der Waals surface area contributed by atoms with Gasteiger partial charge < -0.3 is 5.32 Å². The summed E-state index contributed by atoms with van der Waals surface area (Å²) in [6.07, 6.45) is 0.282. The molecular weight excluding hydrogens is 468 g/mol. The Kier molecular flexibility index (Phi) is 5.39. The zero-order chi connectivity index (χ0) is 24.1. The molecule has 1 heterocycles. The number of fused-ring (bicyclic) bond motifs is 3. The maximum atomic E-state index is 13.4. The van der Waals surface area contributed by atoms with Crippen LogP contribution in [0.5, 0.6) is 0 Å². The van der Waals surface area contributed by atoms with Gasteiger partial charge in [-0.3, -0.25) is 4.72 Å². The van der Waals surface area contributed by atoms with E-state index in [9.17, 15) is 26.0 Å². The third-order valence-corrected chi connectivity index (χ3v) is 7.69. The van der Waals surface area contributed by atoms with Crippen molar-refractivity contribution in [3.63, 3.8) is 0 Å². The van der Waals surface area contributed by atoms with Gasteiger partial charge in [0.15, 0.2) is 0 Å². The van der Waals surface area contributed by atoms with Crippen LogP contribution in [0, 0.1) is 11.7 Å². The minimum Gasteiger partial charge on any atom is -0.378 e. The molecule has 3 aromatic rings. The van der Waals surface area contributed by atoms with Crippen molar-refractivity contribution in [1.29, 1.82) is 0 Å². The number of sulfonamides is 1. The van der Waals surface area contributed by atoms with Crippen molar-refractivity contribution in [2.75, 3.05) is 10.0 Å². The van der Waals surface area contributed by atoms with Crippen LogP contribution in [0.2, 0.25) is 0 Å². The van der Waals surface area contributed by atoms with Gasteiger partial charge in [-0.15, -0.1) is 0 Å². The molecule has 0 aromatic heterocycles. The van der Waals surface area contributed by atoms with Gasteiger partial charge in [0.05, 0.1) is 16.5 Å². The summed E-state index contributed by atoms with van der Waals surface area (Å²) in [6.45, 7) is 0. The monoisotopic (exact) mass is 488 g/mol. The molecule has 34 heavy (non-hydrogen) atoms. The fourth-order valence-corrected chi connectivity index (χ4v) is 5.80. The molecule has 3 aromatic carbocycles. The standard InChI is InChI=1S/C25H20F4N2O2S/c26-17-9-7-15(8-10-17)24-21-6-2-5-20(21)22-14-19(11-12-23(22)30-24)34(32,33)31-18-4-1-3-16(13-18)25(27,28)29/h1-5,7-14,20-21,24,30-31H,6H2/t20-,21+,24-/m1/s1. The average Bonchev–Trinajstić information content (AvgIpc) is 3.28. The van der Waals surface area contributed by atoms with Gasteiger partial charge in [-0.1, -0.05) is 30.4 Å². The molecule has 176 valence electrons. The Bertz CT molecular complexity index is 1370. The molecule has 4 nitrogen and oxygen atoms in total. The second-order valence-electron chi connectivity index (χ2n) is 8.46. The van der Waals surface area contributed by atoms with E-state index in [1.807, 2.05) is 12.2 Å². The molecule has 3 atom stereocenters. The summed E-state index contributed by atoms with van der Waals surface area (Å²) in [5, 5.41) is 3.45. The van der Waals surface area contributed by atoms with E-state index < -0.39 is 21.8 Å². The van der Waals surface area contributed by atoms with E-state index in [-0.39, 0.29) is 34.3 Å². The molecule has 0 unspecified atom stereocenters. The molecule has 0 amide bonds. The lowest BCUT2D eigenvalue weighted by molar-refractivity contribution is -0.137. The zero-order valence-electron chi connectivity index (χ0n) is 17.7. The van der Waals surface area contributed by atoms with Crippen LogP contribution in [-0.4, -0.2) is 8.42 Å². The van der Waals surface area contributed by atoms with Gasteiger partial charge >= 0.3 is 6.18 Å². The summed E-state index contributed by atoms with van der Waals surface area (Å²) in [5.41, 5.74) is 1.40. The van der Waals surface area contributed by atoms with Crippen molar-refractivity contribution in [2.45, 2.75) is 29.5 Å². The zero-order valence-corrected chi connectivity index (χ0v) is 18.5. The third-order valence-electron chi connectivity index (χ3n) is 6.32. The Balaban J connectivity index is 1.46. The van der Waals surface area contributed by atoms with Crippen LogP contribution < -0.4 is 10.0 Å². The smallest absolute Gasteiger partial charge is 0.378 e. The summed E-state index contributed by atoms with van der Waals surface area (Å²) in [4.78, 5) is -0.0373. The fourth-order valence-electron chi connectivity index (χ4n) is 4.71. The van der Waals surface area contributed by atoms with Gasteiger partial charge in [0.25, 0.3) is 10.0 Å². The van der Waals surface area contributed by atoms with Gasteiger partial charge in [0.2, 0.25) is 0 Å². The highest BCUT2D eigenvalue weighted by Crippen LogP contribution is 2.50. The number of alkyl halides is 3. The maximum Gasteiger partial charge on any atom is 0.416 e. The molecule has 0 fully saturated rings. The highest BCUT2D eigenvalue weighted by Gasteiger charge is 2.38. The number of allylic oxidation sites excluding steroid dienone is 2. The van der Waals surface area contributed by atoms with Crippen LogP contribution in [0.25, 0.3) is 0 Å². The van der Waals surface area contributed by atoms with Crippen LogP contribution in [0.4, 0.5) is 28.9 Å². The lowest BCUT2D eigenvalue weighted by Gasteiger charge is -2.37. The Labute approximate surface area is 194 Å². The molecule has 2 aliphatic rings.